The lowest BCUT2D eigenvalue weighted by Gasteiger charge is -2.17. The first kappa shape index (κ1) is 22.7. The monoisotopic (exact) mass is 453 g/mol. The number of amides is 1. The van der Waals surface area contributed by atoms with Gasteiger partial charge in [-0.15, -0.1) is 0 Å². The lowest BCUT2D eigenvalue weighted by molar-refractivity contribution is -0.116. The van der Waals surface area contributed by atoms with Gasteiger partial charge in [0.15, 0.2) is 0 Å². The number of hydrogen-bond acceptors (Lipinski definition) is 7. The lowest BCUT2D eigenvalue weighted by Crippen LogP contribution is -2.33. The minimum atomic E-state index is -0.586. The van der Waals surface area contributed by atoms with Crippen LogP contribution in [0.2, 0.25) is 0 Å². The summed E-state index contributed by atoms with van der Waals surface area (Å²) in [6.07, 6.45) is 0. The third-order valence-corrected chi connectivity index (χ3v) is 5.07. The Bertz CT molecular complexity index is 1200. The number of carbonyl (C=O) groups excluding carboxylic acids is 1. The molecule has 0 aliphatic carbocycles. The molecule has 0 aliphatic heterocycles. The smallest absolute Gasteiger partial charge is 0.246 e. The zero-order valence-corrected chi connectivity index (χ0v) is 19.3. The molecule has 4 aromatic rings. The highest BCUT2D eigenvalue weighted by Gasteiger charge is 2.17. The van der Waals surface area contributed by atoms with Gasteiger partial charge in [-0.2, -0.15) is 15.0 Å². The zero-order chi connectivity index (χ0) is 23.9. The van der Waals surface area contributed by atoms with Crippen molar-refractivity contribution in [3.63, 3.8) is 0 Å². The molecule has 172 valence electrons. The third-order valence-electron chi connectivity index (χ3n) is 5.07. The summed E-state index contributed by atoms with van der Waals surface area (Å²) in [6, 6.07) is 24.5. The summed E-state index contributed by atoms with van der Waals surface area (Å²) in [4.78, 5) is 26.2. The van der Waals surface area contributed by atoms with Crippen molar-refractivity contribution in [2.24, 2.45) is 0 Å². The highest BCUT2D eigenvalue weighted by atomic mass is 16.2. The van der Waals surface area contributed by atoms with Gasteiger partial charge in [0.25, 0.3) is 0 Å². The van der Waals surface area contributed by atoms with E-state index in [1.165, 1.54) is 0 Å². The summed E-state index contributed by atoms with van der Waals surface area (Å²) in [5.41, 5.74) is 4.60. The van der Waals surface area contributed by atoms with Crippen LogP contribution in [0.1, 0.15) is 18.1 Å². The molecular weight excluding hydrogens is 426 g/mol. The second-order valence-corrected chi connectivity index (χ2v) is 7.96. The van der Waals surface area contributed by atoms with Gasteiger partial charge in [0.1, 0.15) is 6.04 Å². The minimum absolute atomic E-state index is 0.192. The zero-order valence-electron chi connectivity index (χ0n) is 19.3. The summed E-state index contributed by atoms with van der Waals surface area (Å²) in [7, 11) is 0. The highest BCUT2D eigenvalue weighted by Crippen LogP contribution is 2.20. The van der Waals surface area contributed by atoms with E-state index < -0.39 is 6.04 Å². The molecule has 0 bridgehead atoms. The predicted molar refractivity (Wildman–Crippen MR) is 137 cm³/mol. The lowest BCUT2D eigenvalue weighted by atomic mass is 10.1. The van der Waals surface area contributed by atoms with E-state index >= 15 is 0 Å². The van der Waals surface area contributed by atoms with Crippen LogP contribution in [-0.4, -0.2) is 26.9 Å². The SMILES string of the molecule is Cc1ccc(NC(=O)[C@H](C)Nc2nc(Nc3ccccc3)nc(Nc3ccccc3)n2)c(C)c1. The number of nitrogens with one attached hydrogen (secondary N) is 4. The van der Waals surface area contributed by atoms with Crippen LogP contribution in [0, 0.1) is 13.8 Å². The number of rotatable bonds is 8. The van der Waals surface area contributed by atoms with Gasteiger partial charge in [0.2, 0.25) is 23.8 Å². The number of para-hydroxylation sites is 2. The quantitative estimate of drug-likeness (QED) is 0.283. The molecule has 4 N–H and O–H groups in total. The van der Waals surface area contributed by atoms with E-state index in [1.54, 1.807) is 6.92 Å². The van der Waals surface area contributed by atoms with Crippen molar-refractivity contribution in [1.29, 1.82) is 0 Å². The van der Waals surface area contributed by atoms with Crippen LogP contribution in [0.15, 0.2) is 78.9 Å². The summed E-state index contributed by atoms with van der Waals surface area (Å²) in [5.74, 6) is 0.783. The van der Waals surface area contributed by atoms with Gasteiger partial charge < -0.3 is 21.3 Å². The van der Waals surface area contributed by atoms with Crippen molar-refractivity contribution in [2.45, 2.75) is 26.8 Å². The van der Waals surface area contributed by atoms with Crippen molar-refractivity contribution >= 4 is 40.8 Å². The fourth-order valence-electron chi connectivity index (χ4n) is 3.31. The van der Waals surface area contributed by atoms with E-state index in [1.807, 2.05) is 92.7 Å². The van der Waals surface area contributed by atoms with E-state index in [-0.39, 0.29) is 11.9 Å². The van der Waals surface area contributed by atoms with Gasteiger partial charge >= 0.3 is 0 Å². The maximum atomic E-state index is 12.8. The van der Waals surface area contributed by atoms with Gasteiger partial charge in [0, 0.05) is 17.1 Å². The van der Waals surface area contributed by atoms with Crippen molar-refractivity contribution < 1.29 is 4.79 Å². The predicted octanol–water partition coefficient (Wildman–Crippen LogP) is 5.41. The number of carbonyl (C=O) groups is 1. The molecule has 0 unspecified atom stereocenters. The van der Waals surface area contributed by atoms with Gasteiger partial charge in [0.05, 0.1) is 0 Å². The van der Waals surface area contributed by atoms with Crippen LogP contribution in [-0.2, 0) is 4.79 Å². The van der Waals surface area contributed by atoms with E-state index in [0.29, 0.717) is 11.9 Å². The van der Waals surface area contributed by atoms with E-state index in [9.17, 15) is 4.79 Å². The number of hydrogen-bond donors (Lipinski definition) is 4. The second kappa shape index (κ2) is 10.4. The molecule has 3 aromatic carbocycles. The molecule has 0 saturated carbocycles. The van der Waals surface area contributed by atoms with Gasteiger partial charge in [-0.1, -0.05) is 54.1 Å². The Kier molecular flexibility index (Phi) is 6.98. The van der Waals surface area contributed by atoms with Crippen LogP contribution >= 0.6 is 0 Å². The number of benzene rings is 3. The summed E-state index contributed by atoms with van der Waals surface area (Å²) in [6.45, 7) is 5.75. The summed E-state index contributed by atoms with van der Waals surface area (Å²) >= 11 is 0. The fraction of sp³-hybridized carbons (Fsp3) is 0.154. The minimum Gasteiger partial charge on any atom is -0.342 e. The van der Waals surface area contributed by atoms with Crippen LogP contribution in [0.25, 0.3) is 0 Å². The number of aryl methyl sites for hydroxylation is 2. The Morgan fingerprint density at radius 2 is 1.26 bits per heavy atom. The van der Waals surface area contributed by atoms with Crippen molar-refractivity contribution in [1.82, 2.24) is 15.0 Å². The molecule has 4 rings (SSSR count). The average molecular weight is 454 g/mol. The Hall–Kier alpha value is -4.46. The average Bonchev–Trinajstić information content (AvgIpc) is 2.82. The molecule has 0 saturated heterocycles. The number of nitrogens with zero attached hydrogens (tertiary/aromatic N) is 3. The normalized spacial score (nSPS) is 11.4. The molecule has 8 nitrogen and oxygen atoms in total. The summed E-state index contributed by atoms with van der Waals surface area (Å²) in [5, 5.41) is 12.4. The van der Waals surface area contributed by atoms with Gasteiger partial charge in [-0.25, -0.2) is 0 Å². The van der Waals surface area contributed by atoms with E-state index in [2.05, 4.69) is 36.2 Å². The maximum absolute atomic E-state index is 12.8. The molecule has 0 aliphatic rings. The molecule has 0 radical (unpaired) electrons. The standard InChI is InChI=1S/C26H27N7O/c1-17-14-15-22(18(2)16-17)30-23(34)19(3)27-24-31-25(28-20-10-6-4-7-11-20)33-26(32-24)29-21-12-8-5-9-13-21/h4-16,19H,1-3H3,(H,30,34)(H3,27,28,29,31,32,33)/t19-/m0/s1. The van der Waals surface area contributed by atoms with Gasteiger partial charge in [-0.05, 0) is 56.7 Å². The first-order valence-electron chi connectivity index (χ1n) is 11.0. The second-order valence-electron chi connectivity index (χ2n) is 7.96. The molecule has 1 atom stereocenters. The van der Waals surface area contributed by atoms with Crippen molar-refractivity contribution in [3.8, 4) is 0 Å². The summed E-state index contributed by atoms with van der Waals surface area (Å²) < 4.78 is 0. The third kappa shape index (κ3) is 6.07. The molecule has 0 spiro atoms. The fourth-order valence-corrected chi connectivity index (χ4v) is 3.31. The highest BCUT2D eigenvalue weighted by molar-refractivity contribution is 5.96. The number of anilines is 6. The van der Waals surface area contributed by atoms with Crippen molar-refractivity contribution in [2.75, 3.05) is 21.3 Å². The Morgan fingerprint density at radius 3 is 1.79 bits per heavy atom. The Balaban J connectivity index is 1.54. The molecule has 1 aromatic heterocycles. The molecule has 0 fully saturated rings. The van der Waals surface area contributed by atoms with Crippen LogP contribution < -0.4 is 21.3 Å². The molecule has 8 heteroatoms. The van der Waals surface area contributed by atoms with E-state index in [4.69, 9.17) is 0 Å². The topological polar surface area (TPSA) is 104 Å². The van der Waals surface area contributed by atoms with Crippen LogP contribution in [0.5, 0.6) is 0 Å². The Morgan fingerprint density at radius 1 is 0.735 bits per heavy atom. The molecular formula is C26H27N7O. The maximum Gasteiger partial charge on any atom is 0.246 e. The van der Waals surface area contributed by atoms with Crippen LogP contribution in [0.4, 0.5) is 34.9 Å². The Labute approximate surface area is 198 Å². The van der Waals surface area contributed by atoms with Crippen LogP contribution in [0.3, 0.4) is 0 Å². The first-order chi connectivity index (χ1) is 16.5. The van der Waals surface area contributed by atoms with Crippen molar-refractivity contribution in [3.05, 3.63) is 90.0 Å². The number of aromatic nitrogens is 3. The van der Waals surface area contributed by atoms with Gasteiger partial charge in [-0.3, -0.25) is 4.79 Å². The van der Waals surface area contributed by atoms with E-state index in [0.717, 1.165) is 28.2 Å². The molecule has 34 heavy (non-hydrogen) atoms. The first-order valence-corrected chi connectivity index (χ1v) is 11.0. The largest absolute Gasteiger partial charge is 0.342 e. The molecule has 1 heterocycles. The molecule has 1 amide bonds.